The topological polar surface area (TPSA) is 66.9 Å². The van der Waals surface area contributed by atoms with Crippen LogP contribution < -0.4 is 9.64 Å². The zero-order chi connectivity index (χ0) is 21.5. The molecule has 1 aliphatic heterocycles. The molecule has 6 nitrogen and oxygen atoms in total. The number of hydrogen-bond donors (Lipinski definition) is 1. The number of fused-ring (bicyclic) bond motifs is 2. The van der Waals surface area contributed by atoms with Crippen LogP contribution >= 0.6 is 0 Å². The second-order valence-corrected chi connectivity index (χ2v) is 8.50. The monoisotopic (exact) mass is 413 g/mol. The van der Waals surface area contributed by atoms with Crippen LogP contribution in [0.3, 0.4) is 0 Å². The second-order valence-electron chi connectivity index (χ2n) is 8.50. The maximum atomic E-state index is 6.09. The molecular weight excluding hydrogens is 386 g/mol. The van der Waals surface area contributed by atoms with Gasteiger partial charge >= 0.3 is 0 Å². The molecule has 0 bridgehead atoms. The highest BCUT2D eigenvalue weighted by Gasteiger charge is 2.22. The van der Waals surface area contributed by atoms with E-state index in [1.807, 2.05) is 6.92 Å². The number of aromatic nitrogens is 4. The van der Waals surface area contributed by atoms with Gasteiger partial charge in [-0.1, -0.05) is 26.0 Å². The van der Waals surface area contributed by atoms with E-state index < -0.39 is 0 Å². The van der Waals surface area contributed by atoms with E-state index in [1.165, 1.54) is 16.7 Å². The summed E-state index contributed by atoms with van der Waals surface area (Å²) in [6.45, 7) is 10.6. The lowest BCUT2D eigenvalue weighted by atomic mass is 10.0. The van der Waals surface area contributed by atoms with E-state index in [2.05, 4.69) is 82.0 Å². The molecular formula is C25H27N5O. The molecule has 2 aromatic heterocycles. The summed E-state index contributed by atoms with van der Waals surface area (Å²) in [5.41, 5.74) is 7.80. The Labute approximate surface area is 182 Å². The molecule has 6 heteroatoms. The first kappa shape index (κ1) is 19.5. The number of H-pyrrole nitrogens is 1. The molecule has 0 saturated heterocycles. The molecule has 0 atom stereocenters. The molecule has 0 aliphatic carbocycles. The lowest BCUT2D eigenvalue weighted by molar-refractivity contribution is 0.331. The van der Waals surface area contributed by atoms with Crippen LogP contribution in [0.25, 0.3) is 22.2 Å². The molecule has 0 saturated carbocycles. The summed E-state index contributed by atoms with van der Waals surface area (Å²) in [5, 5.41) is 0. The fourth-order valence-corrected chi connectivity index (χ4v) is 4.47. The first-order chi connectivity index (χ1) is 15.0. The van der Waals surface area contributed by atoms with Gasteiger partial charge < -0.3 is 14.6 Å². The second kappa shape index (κ2) is 7.69. The third kappa shape index (κ3) is 3.63. The summed E-state index contributed by atoms with van der Waals surface area (Å²) in [7, 11) is 0. The number of aryl methyl sites for hydroxylation is 2. The molecule has 0 spiro atoms. The van der Waals surface area contributed by atoms with E-state index in [1.54, 1.807) is 6.33 Å². The van der Waals surface area contributed by atoms with Crippen molar-refractivity contribution in [3.05, 3.63) is 65.4 Å². The van der Waals surface area contributed by atoms with E-state index >= 15 is 0 Å². The minimum absolute atomic E-state index is 0.357. The first-order valence-corrected chi connectivity index (χ1v) is 10.8. The van der Waals surface area contributed by atoms with Gasteiger partial charge in [0.05, 0.1) is 17.6 Å². The lowest BCUT2D eigenvalue weighted by Gasteiger charge is -2.25. The Bertz CT molecular complexity index is 1260. The van der Waals surface area contributed by atoms with Gasteiger partial charge in [0.25, 0.3) is 0 Å². The van der Waals surface area contributed by atoms with E-state index in [0.717, 1.165) is 52.8 Å². The normalized spacial score (nSPS) is 13.9. The Balaban J connectivity index is 1.53. The molecule has 4 aromatic rings. The Kier molecular flexibility index (Phi) is 4.85. The largest absolute Gasteiger partial charge is 0.491 e. The van der Waals surface area contributed by atoms with Crippen LogP contribution in [0.15, 0.2) is 42.7 Å². The molecule has 0 unspecified atom stereocenters. The van der Waals surface area contributed by atoms with Crippen LogP contribution in [0.4, 0.5) is 5.82 Å². The summed E-state index contributed by atoms with van der Waals surface area (Å²) in [5.74, 6) is 3.25. The quantitative estimate of drug-likeness (QED) is 0.503. The van der Waals surface area contributed by atoms with Gasteiger partial charge in [0.2, 0.25) is 0 Å². The number of nitrogens with one attached hydrogen (secondary N) is 1. The Morgan fingerprint density at radius 2 is 1.84 bits per heavy atom. The Morgan fingerprint density at radius 3 is 2.68 bits per heavy atom. The van der Waals surface area contributed by atoms with Crippen molar-refractivity contribution in [1.29, 1.82) is 0 Å². The van der Waals surface area contributed by atoms with E-state index in [9.17, 15) is 0 Å². The number of hydrogen-bond acceptors (Lipinski definition) is 5. The van der Waals surface area contributed by atoms with Crippen LogP contribution in [0, 0.1) is 13.8 Å². The molecule has 0 radical (unpaired) electrons. The van der Waals surface area contributed by atoms with Crippen molar-refractivity contribution >= 4 is 16.9 Å². The number of rotatable bonds is 3. The molecule has 2 aromatic carbocycles. The Hall–Kier alpha value is -3.41. The van der Waals surface area contributed by atoms with E-state index in [0.29, 0.717) is 12.5 Å². The van der Waals surface area contributed by atoms with Gasteiger partial charge in [-0.25, -0.2) is 15.0 Å². The molecule has 5 rings (SSSR count). The average Bonchev–Trinajstić information content (AvgIpc) is 2.98. The fraction of sp³-hybridized carbons (Fsp3) is 0.320. The summed E-state index contributed by atoms with van der Waals surface area (Å²) in [6, 6.07) is 12.8. The van der Waals surface area contributed by atoms with Gasteiger partial charge in [-0.3, -0.25) is 0 Å². The standard InChI is InChI=1S/C25H27N5O/c1-15(2)24-16(3)26-14-27-25(24)30-9-10-31-23-8-6-18(11-20(23)13-30)19-5-7-21-22(12-19)29-17(4)28-21/h5-8,11-12,14-15H,9-10,13H2,1-4H3,(H,28,29). The molecule has 158 valence electrons. The minimum atomic E-state index is 0.357. The first-order valence-electron chi connectivity index (χ1n) is 10.8. The van der Waals surface area contributed by atoms with E-state index in [4.69, 9.17) is 4.74 Å². The van der Waals surface area contributed by atoms with Crippen molar-refractivity contribution in [1.82, 2.24) is 19.9 Å². The van der Waals surface area contributed by atoms with Crippen LogP contribution in [0.2, 0.25) is 0 Å². The molecule has 0 fully saturated rings. The predicted molar refractivity (Wildman–Crippen MR) is 124 cm³/mol. The van der Waals surface area contributed by atoms with Crippen LogP contribution in [0.5, 0.6) is 5.75 Å². The number of benzene rings is 2. The minimum Gasteiger partial charge on any atom is -0.491 e. The number of imidazole rings is 1. The van der Waals surface area contributed by atoms with Crippen LogP contribution in [0.1, 0.15) is 42.4 Å². The molecule has 1 aliphatic rings. The maximum absolute atomic E-state index is 6.09. The molecule has 3 heterocycles. The van der Waals surface area contributed by atoms with Crippen molar-refractivity contribution in [2.75, 3.05) is 18.1 Å². The number of anilines is 1. The smallest absolute Gasteiger partial charge is 0.136 e. The van der Waals surface area contributed by atoms with E-state index in [-0.39, 0.29) is 0 Å². The fourth-order valence-electron chi connectivity index (χ4n) is 4.47. The lowest BCUT2D eigenvalue weighted by Crippen LogP contribution is -2.28. The molecule has 0 amide bonds. The van der Waals surface area contributed by atoms with Crippen molar-refractivity contribution in [2.45, 2.75) is 40.2 Å². The average molecular weight is 414 g/mol. The van der Waals surface area contributed by atoms with Gasteiger partial charge in [-0.15, -0.1) is 0 Å². The van der Waals surface area contributed by atoms with Crippen molar-refractivity contribution in [3.63, 3.8) is 0 Å². The van der Waals surface area contributed by atoms with Crippen molar-refractivity contribution in [3.8, 4) is 16.9 Å². The highest BCUT2D eigenvalue weighted by Crippen LogP contribution is 2.34. The zero-order valence-corrected chi connectivity index (χ0v) is 18.4. The van der Waals surface area contributed by atoms with Gasteiger partial charge in [0.15, 0.2) is 0 Å². The van der Waals surface area contributed by atoms with Crippen molar-refractivity contribution < 1.29 is 4.74 Å². The van der Waals surface area contributed by atoms with Gasteiger partial charge in [0.1, 0.15) is 30.3 Å². The SMILES string of the molecule is Cc1nc2ccc(-c3ccc4c(c3)CN(c3ncnc(C)c3C(C)C)CCO4)cc2[nH]1. The highest BCUT2D eigenvalue weighted by molar-refractivity contribution is 5.82. The number of nitrogens with zero attached hydrogens (tertiary/aromatic N) is 4. The summed E-state index contributed by atoms with van der Waals surface area (Å²) >= 11 is 0. The molecule has 1 N–H and O–H groups in total. The van der Waals surface area contributed by atoms with Crippen LogP contribution in [-0.2, 0) is 6.54 Å². The summed E-state index contributed by atoms with van der Waals surface area (Å²) in [6.07, 6.45) is 1.67. The number of aromatic amines is 1. The van der Waals surface area contributed by atoms with Gasteiger partial charge in [-0.2, -0.15) is 0 Å². The van der Waals surface area contributed by atoms with Gasteiger partial charge in [-0.05, 0) is 55.2 Å². The van der Waals surface area contributed by atoms with Crippen molar-refractivity contribution in [2.24, 2.45) is 0 Å². The Morgan fingerprint density at radius 1 is 1.03 bits per heavy atom. The third-order valence-corrected chi connectivity index (χ3v) is 5.91. The summed E-state index contributed by atoms with van der Waals surface area (Å²) in [4.78, 5) is 19.3. The highest BCUT2D eigenvalue weighted by atomic mass is 16.5. The third-order valence-electron chi connectivity index (χ3n) is 5.91. The number of ether oxygens (including phenoxy) is 1. The van der Waals surface area contributed by atoms with Gasteiger partial charge in [0, 0.05) is 23.4 Å². The van der Waals surface area contributed by atoms with Crippen LogP contribution in [-0.4, -0.2) is 33.1 Å². The zero-order valence-electron chi connectivity index (χ0n) is 18.4. The maximum Gasteiger partial charge on any atom is 0.136 e. The predicted octanol–water partition coefficient (Wildman–Crippen LogP) is 5.16. The molecule has 31 heavy (non-hydrogen) atoms. The summed E-state index contributed by atoms with van der Waals surface area (Å²) < 4.78 is 6.09.